The zero-order chi connectivity index (χ0) is 24.7. The van der Waals surface area contributed by atoms with Crippen LogP contribution in [0.1, 0.15) is 47.8 Å². The first-order valence-corrected chi connectivity index (χ1v) is 11.5. The molecule has 1 aliphatic rings. The third kappa shape index (κ3) is 6.83. The summed E-state index contributed by atoms with van der Waals surface area (Å²) in [6.45, 7) is 7.75. The summed E-state index contributed by atoms with van der Waals surface area (Å²) in [5.74, 6) is -0.292. The molecule has 1 saturated heterocycles. The maximum atomic E-state index is 12.6. The molecule has 2 aromatic rings. The van der Waals surface area contributed by atoms with Gasteiger partial charge >= 0.3 is 0 Å². The van der Waals surface area contributed by atoms with Crippen molar-refractivity contribution in [3.63, 3.8) is 0 Å². The molecule has 34 heavy (non-hydrogen) atoms. The van der Waals surface area contributed by atoms with E-state index in [2.05, 4.69) is 18.7 Å². The minimum atomic E-state index is -0.503. The first-order valence-electron chi connectivity index (χ1n) is 11.5. The molecule has 2 atom stereocenters. The van der Waals surface area contributed by atoms with Gasteiger partial charge in [-0.3, -0.25) is 19.3 Å². The summed E-state index contributed by atoms with van der Waals surface area (Å²) in [6, 6.07) is 15.5. The van der Waals surface area contributed by atoms with Crippen molar-refractivity contribution in [3.8, 4) is 0 Å². The van der Waals surface area contributed by atoms with E-state index in [4.69, 9.17) is 5.11 Å². The van der Waals surface area contributed by atoms with Gasteiger partial charge in [-0.25, -0.2) is 0 Å². The highest BCUT2D eigenvalue weighted by atomic mass is 16.3. The van der Waals surface area contributed by atoms with E-state index in [1.165, 1.54) is 6.08 Å². The Bertz CT molecular complexity index is 1060. The molecule has 6 nitrogen and oxygen atoms in total. The highest BCUT2D eigenvalue weighted by molar-refractivity contribution is 6.06. The number of allylic oxidation sites excluding steroid dienone is 1. The van der Waals surface area contributed by atoms with E-state index >= 15 is 0 Å². The number of nitrogens with zero attached hydrogens (tertiary/aromatic N) is 2. The van der Waals surface area contributed by atoms with E-state index in [0.29, 0.717) is 5.56 Å². The Hall–Kier alpha value is -3.35. The second-order valence-electron chi connectivity index (χ2n) is 8.84. The summed E-state index contributed by atoms with van der Waals surface area (Å²) in [4.78, 5) is 39.9. The molecule has 0 aromatic heterocycles. The average molecular weight is 461 g/mol. The predicted octanol–water partition coefficient (Wildman–Crippen LogP) is 3.60. The summed E-state index contributed by atoms with van der Waals surface area (Å²) in [7, 11) is 0. The van der Waals surface area contributed by atoms with E-state index in [1.807, 2.05) is 53.4 Å². The summed E-state index contributed by atoms with van der Waals surface area (Å²) < 4.78 is 0. The van der Waals surface area contributed by atoms with Crippen LogP contribution in [0.2, 0.25) is 0 Å². The highest BCUT2D eigenvalue weighted by Crippen LogP contribution is 2.19. The van der Waals surface area contributed by atoms with Gasteiger partial charge in [-0.2, -0.15) is 0 Å². The molecule has 3 rings (SSSR count). The molecule has 1 aliphatic heterocycles. The monoisotopic (exact) mass is 460 g/mol. The van der Waals surface area contributed by atoms with Crippen LogP contribution in [0.25, 0.3) is 12.2 Å². The topological polar surface area (TPSA) is 77.9 Å². The lowest BCUT2D eigenvalue weighted by atomic mass is 10.0. The largest absolute Gasteiger partial charge is 0.388 e. The summed E-state index contributed by atoms with van der Waals surface area (Å²) in [5, 5.41) is 8.75. The number of hydrogen-bond acceptors (Lipinski definition) is 5. The number of benzene rings is 2. The number of hydrogen-bond donors (Lipinski definition) is 1. The summed E-state index contributed by atoms with van der Waals surface area (Å²) in [6.07, 6.45) is 6.30. The van der Waals surface area contributed by atoms with Crippen molar-refractivity contribution >= 4 is 29.6 Å². The Morgan fingerprint density at radius 3 is 1.91 bits per heavy atom. The predicted molar refractivity (Wildman–Crippen MR) is 134 cm³/mol. The molecular formula is C28H32N2O4. The molecule has 1 heterocycles. The quantitative estimate of drug-likeness (QED) is 0.481. The SMILES string of the molecule is CC(=O)N1[C@H](C)CN(Cc2ccc(C(=O)/C=C/c3ccc(/C=C/C(=O)CO)cc3)cc2)C[C@@H]1C. The van der Waals surface area contributed by atoms with Crippen molar-refractivity contribution in [2.75, 3.05) is 19.7 Å². The molecule has 0 radical (unpaired) electrons. The smallest absolute Gasteiger partial charge is 0.220 e. The van der Waals surface area contributed by atoms with Crippen molar-refractivity contribution in [3.05, 3.63) is 82.9 Å². The van der Waals surface area contributed by atoms with Gasteiger partial charge in [0.2, 0.25) is 5.91 Å². The van der Waals surface area contributed by atoms with E-state index in [9.17, 15) is 14.4 Å². The molecular weight excluding hydrogens is 428 g/mol. The lowest BCUT2D eigenvalue weighted by molar-refractivity contribution is -0.136. The van der Waals surface area contributed by atoms with Gasteiger partial charge in [0, 0.05) is 44.2 Å². The minimum Gasteiger partial charge on any atom is -0.388 e. The Balaban J connectivity index is 1.56. The normalized spacial score (nSPS) is 19.1. The molecule has 1 fully saturated rings. The first-order chi connectivity index (χ1) is 16.3. The number of carbonyl (C=O) groups excluding carboxylic acids is 3. The van der Waals surface area contributed by atoms with Gasteiger partial charge in [0.1, 0.15) is 6.61 Å². The number of piperazine rings is 1. The van der Waals surface area contributed by atoms with E-state index < -0.39 is 6.61 Å². The van der Waals surface area contributed by atoms with Gasteiger partial charge in [-0.1, -0.05) is 60.7 Å². The van der Waals surface area contributed by atoms with Crippen molar-refractivity contribution in [2.24, 2.45) is 0 Å². The van der Waals surface area contributed by atoms with Crippen LogP contribution >= 0.6 is 0 Å². The van der Waals surface area contributed by atoms with E-state index in [0.717, 1.165) is 36.3 Å². The lowest BCUT2D eigenvalue weighted by Crippen LogP contribution is -2.57. The van der Waals surface area contributed by atoms with Crippen LogP contribution in [0, 0.1) is 0 Å². The van der Waals surface area contributed by atoms with Crippen LogP contribution in [0.4, 0.5) is 0 Å². The zero-order valence-electron chi connectivity index (χ0n) is 20.0. The van der Waals surface area contributed by atoms with Crippen molar-refractivity contribution in [1.29, 1.82) is 0 Å². The zero-order valence-corrected chi connectivity index (χ0v) is 20.0. The third-order valence-corrected chi connectivity index (χ3v) is 5.98. The lowest BCUT2D eigenvalue weighted by Gasteiger charge is -2.44. The maximum Gasteiger partial charge on any atom is 0.220 e. The number of ketones is 2. The molecule has 0 aliphatic carbocycles. The van der Waals surface area contributed by atoms with Crippen molar-refractivity contribution < 1.29 is 19.5 Å². The van der Waals surface area contributed by atoms with Crippen molar-refractivity contribution in [2.45, 2.75) is 39.4 Å². The second-order valence-corrected chi connectivity index (χ2v) is 8.84. The fourth-order valence-corrected chi connectivity index (χ4v) is 4.44. The van der Waals surface area contributed by atoms with Gasteiger partial charge in [0.05, 0.1) is 0 Å². The summed E-state index contributed by atoms with van der Waals surface area (Å²) in [5.41, 5.74) is 3.49. The third-order valence-electron chi connectivity index (χ3n) is 5.98. The van der Waals surface area contributed by atoms with Gasteiger partial charge in [-0.15, -0.1) is 0 Å². The number of rotatable bonds is 8. The van der Waals surface area contributed by atoms with Crippen LogP contribution in [-0.2, 0) is 16.1 Å². The fourth-order valence-electron chi connectivity index (χ4n) is 4.44. The number of amides is 1. The van der Waals surface area contributed by atoms with Crippen LogP contribution in [0.3, 0.4) is 0 Å². The van der Waals surface area contributed by atoms with Gasteiger partial charge in [0.25, 0.3) is 0 Å². The number of aliphatic hydroxyl groups excluding tert-OH is 1. The molecule has 0 saturated carbocycles. The van der Waals surface area contributed by atoms with Crippen LogP contribution in [0.15, 0.2) is 60.7 Å². The van der Waals surface area contributed by atoms with Crippen LogP contribution in [0.5, 0.6) is 0 Å². The van der Waals surface area contributed by atoms with Crippen LogP contribution in [-0.4, -0.2) is 64.2 Å². The molecule has 6 heteroatoms. The molecule has 0 spiro atoms. The molecule has 1 amide bonds. The molecule has 0 unspecified atom stereocenters. The minimum absolute atomic E-state index is 0.0682. The van der Waals surface area contributed by atoms with E-state index in [-0.39, 0.29) is 29.6 Å². The Kier molecular flexibility index (Phi) is 8.68. The standard InChI is InChI=1S/C28H32N2O4/c1-20-16-29(17-21(2)30(20)22(3)32)18-25-8-12-26(13-9-25)28(34)15-11-24-6-4-23(5-7-24)10-14-27(33)19-31/h4-15,20-21,31H,16-19H2,1-3H3/b14-10+,15-11+/t20-,21+. The molecule has 1 N–H and O–H groups in total. The summed E-state index contributed by atoms with van der Waals surface area (Å²) >= 11 is 0. The highest BCUT2D eigenvalue weighted by Gasteiger charge is 2.30. The van der Waals surface area contributed by atoms with Crippen LogP contribution < -0.4 is 0 Å². The molecule has 0 bridgehead atoms. The van der Waals surface area contributed by atoms with E-state index in [1.54, 1.807) is 25.2 Å². The maximum absolute atomic E-state index is 12.6. The average Bonchev–Trinajstić information content (AvgIpc) is 2.81. The van der Waals surface area contributed by atoms with Gasteiger partial charge in [0.15, 0.2) is 11.6 Å². The number of carbonyl (C=O) groups is 3. The Morgan fingerprint density at radius 2 is 1.41 bits per heavy atom. The molecule has 178 valence electrons. The van der Waals surface area contributed by atoms with Gasteiger partial charge < -0.3 is 10.0 Å². The van der Waals surface area contributed by atoms with Gasteiger partial charge in [-0.05, 0) is 42.7 Å². The number of aliphatic hydroxyl groups is 1. The Morgan fingerprint density at radius 1 is 0.882 bits per heavy atom. The van der Waals surface area contributed by atoms with Crippen molar-refractivity contribution in [1.82, 2.24) is 9.80 Å². The first kappa shape index (κ1) is 25.3. The second kappa shape index (κ2) is 11.7. The fraction of sp³-hybridized carbons (Fsp3) is 0.321. The Labute approximate surface area is 201 Å². The molecule has 2 aromatic carbocycles.